The molecule has 0 unspecified atom stereocenters. The summed E-state index contributed by atoms with van der Waals surface area (Å²) in [6, 6.07) is 15.8. The third kappa shape index (κ3) is 2.74. The molecule has 1 heterocycles. The van der Waals surface area contributed by atoms with Gasteiger partial charge in [0, 0.05) is 6.54 Å². The molecular weight excluding hydrogens is 250 g/mol. The van der Waals surface area contributed by atoms with Gasteiger partial charge in [0.05, 0.1) is 12.2 Å². The smallest absolute Gasteiger partial charge is 0.196 e. The van der Waals surface area contributed by atoms with Gasteiger partial charge in [-0.25, -0.2) is 0 Å². The first-order valence-electron chi connectivity index (χ1n) is 6.71. The molecular formula is C16H17N3O. The summed E-state index contributed by atoms with van der Waals surface area (Å²) in [5.74, 6) is 2.42. The Morgan fingerprint density at radius 1 is 1.10 bits per heavy atom. The van der Waals surface area contributed by atoms with Gasteiger partial charge in [0.15, 0.2) is 11.7 Å². The maximum atomic E-state index is 5.96. The van der Waals surface area contributed by atoms with Crippen LogP contribution < -0.4 is 15.4 Å². The average Bonchev–Trinajstić information content (AvgIpc) is 2.97. The predicted octanol–water partition coefficient (Wildman–Crippen LogP) is 3.16. The molecule has 0 bridgehead atoms. The topological polar surface area (TPSA) is 45.6 Å². The molecule has 0 fully saturated rings. The van der Waals surface area contributed by atoms with E-state index in [4.69, 9.17) is 4.74 Å². The molecule has 20 heavy (non-hydrogen) atoms. The number of ether oxygens (including phenoxy) is 1. The Morgan fingerprint density at radius 2 is 1.95 bits per heavy atom. The Labute approximate surface area is 118 Å². The Hall–Kier alpha value is -2.49. The number of para-hydroxylation sites is 2. The number of anilines is 1. The molecule has 0 aromatic heterocycles. The van der Waals surface area contributed by atoms with Crippen molar-refractivity contribution >= 4 is 11.6 Å². The first-order valence-corrected chi connectivity index (χ1v) is 6.71. The van der Waals surface area contributed by atoms with Crippen molar-refractivity contribution in [2.75, 3.05) is 18.4 Å². The van der Waals surface area contributed by atoms with Crippen LogP contribution in [0, 0.1) is 6.92 Å². The zero-order valence-electron chi connectivity index (χ0n) is 11.4. The first-order chi connectivity index (χ1) is 9.83. The minimum absolute atomic E-state index is 0.799. The van der Waals surface area contributed by atoms with E-state index in [9.17, 15) is 0 Å². The lowest BCUT2D eigenvalue weighted by Gasteiger charge is -2.15. The van der Waals surface area contributed by atoms with Crippen LogP contribution in [0.2, 0.25) is 0 Å². The van der Waals surface area contributed by atoms with Crippen LogP contribution in [0.4, 0.5) is 5.69 Å². The zero-order valence-corrected chi connectivity index (χ0v) is 11.4. The number of rotatable bonds is 3. The molecule has 0 spiro atoms. The summed E-state index contributed by atoms with van der Waals surface area (Å²) in [5, 5.41) is 6.52. The lowest BCUT2D eigenvalue weighted by Crippen LogP contribution is -2.26. The summed E-state index contributed by atoms with van der Waals surface area (Å²) in [4.78, 5) is 4.36. The predicted molar refractivity (Wildman–Crippen MR) is 81.6 cm³/mol. The van der Waals surface area contributed by atoms with Gasteiger partial charge in [-0.2, -0.15) is 0 Å². The summed E-state index contributed by atoms with van der Waals surface area (Å²) in [6.07, 6.45) is 0. The molecule has 0 atom stereocenters. The summed E-state index contributed by atoms with van der Waals surface area (Å²) in [6.45, 7) is 3.74. The lowest BCUT2D eigenvalue weighted by atomic mass is 10.2. The van der Waals surface area contributed by atoms with E-state index < -0.39 is 0 Å². The van der Waals surface area contributed by atoms with Crippen LogP contribution >= 0.6 is 0 Å². The molecule has 2 aromatic rings. The molecule has 0 saturated carbocycles. The van der Waals surface area contributed by atoms with Crippen molar-refractivity contribution in [1.82, 2.24) is 5.32 Å². The van der Waals surface area contributed by atoms with E-state index in [1.165, 1.54) is 0 Å². The maximum absolute atomic E-state index is 5.96. The summed E-state index contributed by atoms with van der Waals surface area (Å²) in [7, 11) is 0. The van der Waals surface area contributed by atoms with Crippen LogP contribution in [0.3, 0.4) is 0 Å². The second-order valence-corrected chi connectivity index (χ2v) is 4.65. The highest BCUT2D eigenvalue weighted by Crippen LogP contribution is 2.32. The number of benzene rings is 2. The largest absolute Gasteiger partial charge is 0.455 e. The van der Waals surface area contributed by atoms with Gasteiger partial charge in [0.25, 0.3) is 0 Å². The van der Waals surface area contributed by atoms with Gasteiger partial charge < -0.3 is 15.4 Å². The average molecular weight is 267 g/mol. The quantitative estimate of drug-likeness (QED) is 0.898. The van der Waals surface area contributed by atoms with Crippen LogP contribution in [0.25, 0.3) is 0 Å². The third-order valence-electron chi connectivity index (χ3n) is 3.12. The number of aryl methyl sites for hydroxylation is 1. The molecule has 0 amide bonds. The van der Waals surface area contributed by atoms with Crippen molar-refractivity contribution in [2.45, 2.75) is 6.92 Å². The Bertz CT molecular complexity index is 623. The number of nitrogens with zero attached hydrogens (tertiary/aromatic N) is 1. The van der Waals surface area contributed by atoms with Crippen LogP contribution in [0.5, 0.6) is 11.5 Å². The molecule has 1 aliphatic heterocycles. The van der Waals surface area contributed by atoms with Gasteiger partial charge in [-0.05, 0) is 30.7 Å². The molecule has 102 valence electrons. The Balaban J connectivity index is 1.88. The normalized spacial score (nSPS) is 13.6. The van der Waals surface area contributed by atoms with Gasteiger partial charge in [0.1, 0.15) is 5.75 Å². The van der Waals surface area contributed by atoms with Crippen LogP contribution in [0.15, 0.2) is 53.5 Å². The fourth-order valence-corrected chi connectivity index (χ4v) is 2.10. The van der Waals surface area contributed by atoms with Gasteiger partial charge in [-0.3, -0.25) is 4.99 Å². The highest BCUT2D eigenvalue weighted by atomic mass is 16.5. The number of guanidine groups is 1. The summed E-state index contributed by atoms with van der Waals surface area (Å²) >= 11 is 0. The van der Waals surface area contributed by atoms with E-state index >= 15 is 0 Å². The van der Waals surface area contributed by atoms with E-state index in [1.54, 1.807) is 0 Å². The molecule has 2 N–H and O–H groups in total. The van der Waals surface area contributed by atoms with Gasteiger partial charge in [0.2, 0.25) is 0 Å². The highest BCUT2D eigenvalue weighted by Gasteiger charge is 2.12. The standard InChI is InChI=1S/C16H17N3O/c1-12-6-5-9-14(20-13-7-3-2-4-8-13)15(12)19-16-17-10-11-18-16/h2-9H,10-11H2,1H3,(H2,17,18,19). The number of hydrogen-bond acceptors (Lipinski definition) is 4. The molecule has 0 saturated heterocycles. The van der Waals surface area contributed by atoms with E-state index in [0.29, 0.717) is 0 Å². The fourth-order valence-electron chi connectivity index (χ4n) is 2.10. The SMILES string of the molecule is Cc1cccc(Oc2ccccc2)c1NC1=NCCN1. The molecule has 4 heteroatoms. The lowest BCUT2D eigenvalue weighted by molar-refractivity contribution is 0.484. The van der Waals surface area contributed by atoms with E-state index in [1.807, 2.05) is 42.5 Å². The van der Waals surface area contributed by atoms with Gasteiger partial charge >= 0.3 is 0 Å². The monoisotopic (exact) mass is 267 g/mol. The molecule has 2 aromatic carbocycles. The van der Waals surface area contributed by atoms with Crippen LogP contribution in [-0.2, 0) is 0 Å². The summed E-state index contributed by atoms with van der Waals surface area (Å²) in [5.41, 5.74) is 2.07. The zero-order chi connectivity index (χ0) is 13.8. The third-order valence-corrected chi connectivity index (χ3v) is 3.12. The van der Waals surface area contributed by atoms with Crippen LogP contribution in [-0.4, -0.2) is 19.0 Å². The van der Waals surface area contributed by atoms with Crippen molar-refractivity contribution < 1.29 is 4.74 Å². The van der Waals surface area contributed by atoms with Crippen molar-refractivity contribution in [3.8, 4) is 11.5 Å². The second-order valence-electron chi connectivity index (χ2n) is 4.65. The first kappa shape index (κ1) is 12.5. The van der Waals surface area contributed by atoms with Crippen molar-refractivity contribution in [2.24, 2.45) is 4.99 Å². The molecule has 1 aliphatic rings. The van der Waals surface area contributed by atoms with E-state index in [-0.39, 0.29) is 0 Å². The fraction of sp³-hybridized carbons (Fsp3) is 0.188. The van der Waals surface area contributed by atoms with Gasteiger partial charge in [-0.1, -0.05) is 30.3 Å². The Morgan fingerprint density at radius 3 is 2.70 bits per heavy atom. The van der Waals surface area contributed by atoms with E-state index in [2.05, 4.69) is 28.6 Å². The second kappa shape index (κ2) is 5.65. The molecule has 4 nitrogen and oxygen atoms in total. The minimum Gasteiger partial charge on any atom is -0.455 e. The van der Waals surface area contributed by atoms with Crippen molar-refractivity contribution in [3.05, 3.63) is 54.1 Å². The molecule has 0 aliphatic carbocycles. The number of aliphatic imine (C=N–C) groups is 1. The Kier molecular flexibility index (Phi) is 3.54. The highest BCUT2D eigenvalue weighted by molar-refractivity contribution is 5.96. The maximum Gasteiger partial charge on any atom is 0.196 e. The number of hydrogen-bond donors (Lipinski definition) is 2. The van der Waals surface area contributed by atoms with Crippen molar-refractivity contribution in [1.29, 1.82) is 0 Å². The van der Waals surface area contributed by atoms with Crippen molar-refractivity contribution in [3.63, 3.8) is 0 Å². The molecule has 3 rings (SSSR count). The minimum atomic E-state index is 0.799. The molecule has 0 radical (unpaired) electrons. The van der Waals surface area contributed by atoms with E-state index in [0.717, 1.165) is 41.8 Å². The van der Waals surface area contributed by atoms with Gasteiger partial charge in [-0.15, -0.1) is 0 Å². The number of nitrogens with one attached hydrogen (secondary N) is 2. The summed E-state index contributed by atoms with van der Waals surface area (Å²) < 4.78 is 5.96. The van der Waals surface area contributed by atoms with Crippen LogP contribution in [0.1, 0.15) is 5.56 Å².